The summed E-state index contributed by atoms with van der Waals surface area (Å²) in [6.45, 7) is 0.211. The first kappa shape index (κ1) is 9.16. The standard InChI is InChI=1S/C10H12BrNO/c11-8-3-1-6-12-9(8)10(7-13)4-2-5-10/h1,3,6,13H,2,4-5,7H2. The molecule has 0 spiro atoms. The highest BCUT2D eigenvalue weighted by molar-refractivity contribution is 9.10. The molecule has 1 fully saturated rings. The van der Waals surface area contributed by atoms with Crippen molar-refractivity contribution in [2.45, 2.75) is 24.7 Å². The van der Waals surface area contributed by atoms with Crippen molar-refractivity contribution in [1.82, 2.24) is 4.98 Å². The molecular formula is C10H12BrNO. The Labute approximate surface area is 86.1 Å². The SMILES string of the molecule is OCC1(c2ncccc2Br)CCC1. The van der Waals surface area contributed by atoms with Crippen molar-refractivity contribution in [3.05, 3.63) is 28.5 Å². The average Bonchev–Trinajstić information content (AvgIpc) is 2.07. The number of pyridine rings is 1. The quantitative estimate of drug-likeness (QED) is 0.862. The van der Waals surface area contributed by atoms with E-state index in [4.69, 9.17) is 0 Å². The van der Waals surface area contributed by atoms with Crippen molar-refractivity contribution < 1.29 is 5.11 Å². The average molecular weight is 242 g/mol. The third kappa shape index (κ3) is 1.40. The lowest BCUT2D eigenvalue weighted by Gasteiger charge is -2.40. The fraction of sp³-hybridized carbons (Fsp3) is 0.500. The zero-order chi connectivity index (χ0) is 9.31. The number of aliphatic hydroxyl groups is 1. The number of halogens is 1. The first-order chi connectivity index (χ1) is 6.28. The summed E-state index contributed by atoms with van der Waals surface area (Å²) < 4.78 is 1.02. The molecule has 13 heavy (non-hydrogen) atoms. The lowest BCUT2D eigenvalue weighted by molar-refractivity contribution is 0.115. The van der Waals surface area contributed by atoms with Crippen LogP contribution in [0.4, 0.5) is 0 Å². The summed E-state index contributed by atoms with van der Waals surface area (Å²) in [4.78, 5) is 4.34. The molecule has 2 nitrogen and oxygen atoms in total. The molecule has 0 atom stereocenters. The van der Waals surface area contributed by atoms with Gasteiger partial charge < -0.3 is 5.11 Å². The summed E-state index contributed by atoms with van der Waals surface area (Å²) in [6, 6.07) is 3.88. The minimum absolute atomic E-state index is 0.0555. The normalized spacial score (nSPS) is 19.5. The minimum atomic E-state index is -0.0555. The van der Waals surface area contributed by atoms with Gasteiger partial charge in [0, 0.05) is 16.1 Å². The van der Waals surface area contributed by atoms with Gasteiger partial charge in [0.05, 0.1) is 12.3 Å². The number of aliphatic hydroxyl groups excluding tert-OH is 1. The summed E-state index contributed by atoms with van der Waals surface area (Å²) in [5.74, 6) is 0. The van der Waals surface area contributed by atoms with E-state index in [2.05, 4.69) is 20.9 Å². The van der Waals surface area contributed by atoms with Crippen LogP contribution >= 0.6 is 15.9 Å². The molecule has 1 N–H and O–H groups in total. The molecule has 0 aliphatic heterocycles. The highest BCUT2D eigenvalue weighted by Crippen LogP contribution is 2.44. The second-order valence-electron chi connectivity index (χ2n) is 3.63. The van der Waals surface area contributed by atoms with Gasteiger partial charge in [-0.25, -0.2) is 0 Å². The molecule has 1 aromatic heterocycles. The Hall–Kier alpha value is -0.410. The van der Waals surface area contributed by atoms with Crippen molar-refractivity contribution in [2.75, 3.05) is 6.61 Å². The summed E-state index contributed by atoms with van der Waals surface area (Å²) in [6.07, 6.45) is 5.09. The first-order valence-electron chi connectivity index (χ1n) is 4.50. The lowest BCUT2D eigenvalue weighted by Crippen LogP contribution is -2.39. The molecule has 1 aliphatic carbocycles. The monoisotopic (exact) mass is 241 g/mol. The van der Waals surface area contributed by atoms with Gasteiger partial charge in [0.25, 0.3) is 0 Å². The predicted octanol–water partition coefficient (Wildman–Crippen LogP) is 2.26. The van der Waals surface area contributed by atoms with E-state index in [0.29, 0.717) is 0 Å². The smallest absolute Gasteiger partial charge is 0.0630 e. The van der Waals surface area contributed by atoms with Crippen LogP contribution in [0.2, 0.25) is 0 Å². The van der Waals surface area contributed by atoms with Crippen molar-refractivity contribution >= 4 is 15.9 Å². The van der Waals surface area contributed by atoms with E-state index in [1.54, 1.807) is 6.20 Å². The second kappa shape index (κ2) is 3.39. The lowest BCUT2D eigenvalue weighted by atomic mass is 9.67. The second-order valence-corrected chi connectivity index (χ2v) is 4.48. The molecular weight excluding hydrogens is 230 g/mol. The first-order valence-corrected chi connectivity index (χ1v) is 5.30. The fourth-order valence-electron chi connectivity index (χ4n) is 1.85. The van der Waals surface area contributed by atoms with Gasteiger partial charge >= 0.3 is 0 Å². The van der Waals surface area contributed by atoms with E-state index < -0.39 is 0 Å². The van der Waals surface area contributed by atoms with Gasteiger partial charge in [-0.3, -0.25) is 4.98 Å². The molecule has 0 bridgehead atoms. The highest BCUT2D eigenvalue weighted by atomic mass is 79.9. The Balaban J connectivity index is 2.38. The third-order valence-corrected chi connectivity index (χ3v) is 3.51. The number of aromatic nitrogens is 1. The van der Waals surface area contributed by atoms with Gasteiger partial charge in [-0.15, -0.1) is 0 Å². The number of hydrogen-bond donors (Lipinski definition) is 1. The van der Waals surface area contributed by atoms with Crippen molar-refractivity contribution in [3.8, 4) is 0 Å². The van der Waals surface area contributed by atoms with E-state index in [1.165, 1.54) is 6.42 Å². The molecule has 0 unspecified atom stereocenters. The number of rotatable bonds is 2. The summed E-state index contributed by atoms with van der Waals surface area (Å²) in [5.41, 5.74) is 0.962. The van der Waals surface area contributed by atoms with Crippen LogP contribution in [0, 0.1) is 0 Å². The third-order valence-electron chi connectivity index (χ3n) is 2.87. The highest BCUT2D eigenvalue weighted by Gasteiger charge is 2.40. The van der Waals surface area contributed by atoms with Gasteiger partial charge in [-0.1, -0.05) is 6.42 Å². The van der Waals surface area contributed by atoms with Crippen LogP contribution in [0.3, 0.4) is 0 Å². The van der Waals surface area contributed by atoms with Crippen LogP contribution in [0.25, 0.3) is 0 Å². The Morgan fingerprint density at radius 3 is 2.77 bits per heavy atom. The van der Waals surface area contributed by atoms with E-state index in [9.17, 15) is 5.11 Å². The van der Waals surface area contributed by atoms with E-state index in [1.807, 2.05) is 12.1 Å². The molecule has 1 aromatic rings. The number of nitrogens with zero attached hydrogens (tertiary/aromatic N) is 1. The van der Waals surface area contributed by atoms with Crippen LogP contribution in [-0.4, -0.2) is 16.7 Å². The van der Waals surface area contributed by atoms with E-state index >= 15 is 0 Å². The molecule has 0 aromatic carbocycles. The van der Waals surface area contributed by atoms with Gasteiger partial charge in [-0.2, -0.15) is 0 Å². The van der Waals surface area contributed by atoms with Crippen LogP contribution in [0.5, 0.6) is 0 Å². The van der Waals surface area contributed by atoms with Gasteiger partial charge in [0.2, 0.25) is 0 Å². The molecule has 1 heterocycles. The van der Waals surface area contributed by atoms with Crippen LogP contribution in [-0.2, 0) is 5.41 Å². The molecule has 0 amide bonds. The maximum absolute atomic E-state index is 9.35. The van der Waals surface area contributed by atoms with Crippen molar-refractivity contribution in [2.24, 2.45) is 0 Å². The maximum Gasteiger partial charge on any atom is 0.0630 e. The van der Waals surface area contributed by atoms with Crippen LogP contribution in [0.1, 0.15) is 25.0 Å². The molecule has 0 radical (unpaired) electrons. The molecule has 1 aliphatic rings. The van der Waals surface area contributed by atoms with Gasteiger partial charge in [0.1, 0.15) is 0 Å². The number of hydrogen-bond acceptors (Lipinski definition) is 2. The molecule has 3 heteroatoms. The van der Waals surface area contributed by atoms with Gasteiger partial charge in [0.15, 0.2) is 0 Å². The predicted molar refractivity (Wildman–Crippen MR) is 54.6 cm³/mol. The zero-order valence-corrected chi connectivity index (χ0v) is 8.92. The Kier molecular flexibility index (Phi) is 2.39. The fourth-order valence-corrected chi connectivity index (χ4v) is 2.52. The molecule has 70 valence electrons. The van der Waals surface area contributed by atoms with Crippen molar-refractivity contribution in [3.63, 3.8) is 0 Å². The minimum Gasteiger partial charge on any atom is -0.395 e. The topological polar surface area (TPSA) is 33.1 Å². The molecule has 2 rings (SSSR count). The summed E-state index contributed by atoms with van der Waals surface area (Å²) in [5, 5.41) is 9.35. The maximum atomic E-state index is 9.35. The summed E-state index contributed by atoms with van der Waals surface area (Å²) in [7, 11) is 0. The van der Waals surface area contributed by atoms with E-state index in [-0.39, 0.29) is 12.0 Å². The van der Waals surface area contributed by atoms with Crippen LogP contribution in [0.15, 0.2) is 22.8 Å². The molecule has 1 saturated carbocycles. The van der Waals surface area contributed by atoms with Crippen LogP contribution < -0.4 is 0 Å². The Bertz CT molecular complexity index is 304. The largest absolute Gasteiger partial charge is 0.395 e. The van der Waals surface area contributed by atoms with Crippen molar-refractivity contribution in [1.29, 1.82) is 0 Å². The Morgan fingerprint density at radius 1 is 1.54 bits per heavy atom. The van der Waals surface area contributed by atoms with Gasteiger partial charge in [-0.05, 0) is 40.9 Å². The summed E-state index contributed by atoms with van der Waals surface area (Å²) >= 11 is 3.47. The molecule has 0 saturated heterocycles. The Morgan fingerprint density at radius 2 is 2.31 bits per heavy atom. The van der Waals surface area contributed by atoms with E-state index in [0.717, 1.165) is 23.0 Å². The zero-order valence-electron chi connectivity index (χ0n) is 7.33.